The number of aryl methyl sites for hydroxylation is 1. The van der Waals surface area contributed by atoms with E-state index in [9.17, 15) is 4.79 Å². The van der Waals surface area contributed by atoms with E-state index in [-0.39, 0.29) is 23.5 Å². The topological polar surface area (TPSA) is 105 Å². The molecule has 3 aromatic heterocycles. The van der Waals surface area contributed by atoms with Crippen LogP contribution in [0.25, 0.3) is 21.1 Å². The zero-order valence-electron chi connectivity index (χ0n) is 21.6. The highest BCUT2D eigenvalue weighted by Crippen LogP contribution is 2.47. The highest BCUT2D eigenvalue weighted by Gasteiger charge is 2.45. The van der Waals surface area contributed by atoms with E-state index in [1.165, 1.54) is 10.4 Å². The summed E-state index contributed by atoms with van der Waals surface area (Å²) < 4.78 is 11.5. The van der Waals surface area contributed by atoms with Crippen LogP contribution in [0.5, 0.6) is 5.75 Å². The van der Waals surface area contributed by atoms with E-state index in [1.807, 2.05) is 30.9 Å². The summed E-state index contributed by atoms with van der Waals surface area (Å²) in [6.45, 7) is 7.56. The van der Waals surface area contributed by atoms with Gasteiger partial charge in [0.25, 0.3) is 0 Å². The minimum atomic E-state index is -0.388. The van der Waals surface area contributed by atoms with E-state index >= 15 is 0 Å². The lowest BCUT2D eigenvalue weighted by molar-refractivity contribution is -0.155. The van der Waals surface area contributed by atoms with Crippen LogP contribution in [0.1, 0.15) is 44.1 Å². The number of fused-ring (bicyclic) bond motifs is 4. The minimum Gasteiger partial charge on any atom is -0.494 e. The first-order valence-corrected chi connectivity index (χ1v) is 13.7. The molecule has 1 fully saturated rings. The number of aromatic amines is 1. The normalized spacial score (nSPS) is 23.8. The number of amides is 1. The third-order valence-corrected chi connectivity index (χ3v) is 9.01. The molecular formula is C27H32N6O3S. The van der Waals surface area contributed by atoms with Crippen molar-refractivity contribution in [3.63, 3.8) is 0 Å². The summed E-state index contributed by atoms with van der Waals surface area (Å²) in [6.07, 6.45) is 6.72. The highest BCUT2D eigenvalue weighted by molar-refractivity contribution is 7.19. The lowest BCUT2D eigenvalue weighted by atomic mass is 9.71. The standard InChI is InChI=1S/C27H32N6O3S/c1-5-27(26(34)33-12-15(2)36-16(3)13-33)7-6-18-22(10-27)37-25-23(18)24(28-14-29-25)31-20-8-17-11-30-32-19(17)9-21(20)35-4/h8-9,11,14-16H,5-7,10,12-13H2,1-4H3,(H,30,32)(H,28,29,31)/t15-,16+,27?. The molecule has 1 amide bonds. The van der Waals surface area contributed by atoms with Crippen LogP contribution in [0.15, 0.2) is 24.7 Å². The molecule has 4 aromatic rings. The molecule has 0 radical (unpaired) electrons. The fourth-order valence-electron chi connectivity index (χ4n) is 5.98. The van der Waals surface area contributed by atoms with Gasteiger partial charge in [-0.15, -0.1) is 11.3 Å². The van der Waals surface area contributed by atoms with Gasteiger partial charge in [0.15, 0.2) is 0 Å². The van der Waals surface area contributed by atoms with Crippen LogP contribution in [0, 0.1) is 5.41 Å². The van der Waals surface area contributed by atoms with Gasteiger partial charge in [-0.25, -0.2) is 9.97 Å². The van der Waals surface area contributed by atoms with Gasteiger partial charge in [-0.05, 0) is 51.2 Å². The second-order valence-electron chi connectivity index (χ2n) is 10.3. The van der Waals surface area contributed by atoms with Gasteiger partial charge in [0, 0.05) is 29.4 Å². The third kappa shape index (κ3) is 4.12. The molecule has 2 N–H and O–H groups in total. The Morgan fingerprint density at radius 2 is 2.11 bits per heavy atom. The summed E-state index contributed by atoms with van der Waals surface area (Å²) in [5.41, 5.74) is 2.60. The molecule has 9 nitrogen and oxygen atoms in total. The van der Waals surface area contributed by atoms with Crippen LogP contribution >= 0.6 is 11.3 Å². The number of ether oxygens (including phenoxy) is 2. The molecule has 10 heteroatoms. The molecule has 1 unspecified atom stereocenters. The van der Waals surface area contributed by atoms with Crippen molar-refractivity contribution in [2.45, 2.75) is 58.7 Å². The van der Waals surface area contributed by atoms with Gasteiger partial charge in [0.1, 0.15) is 22.7 Å². The zero-order chi connectivity index (χ0) is 25.7. The van der Waals surface area contributed by atoms with Gasteiger partial charge in [0.05, 0.1) is 47.5 Å². The summed E-state index contributed by atoms with van der Waals surface area (Å²) in [6, 6.07) is 3.94. The lowest BCUT2D eigenvalue weighted by Crippen LogP contribution is -2.54. The van der Waals surface area contributed by atoms with Crippen LogP contribution in [0.2, 0.25) is 0 Å². The molecule has 2 aliphatic rings. The molecule has 1 aliphatic heterocycles. The molecule has 4 heterocycles. The minimum absolute atomic E-state index is 0.0623. The van der Waals surface area contributed by atoms with Crippen molar-refractivity contribution < 1.29 is 14.3 Å². The summed E-state index contributed by atoms with van der Waals surface area (Å²) >= 11 is 1.69. The average Bonchev–Trinajstić information content (AvgIpc) is 3.50. The molecule has 1 aromatic carbocycles. The summed E-state index contributed by atoms with van der Waals surface area (Å²) in [7, 11) is 1.65. The number of carbonyl (C=O) groups is 1. The number of H-pyrrole nitrogens is 1. The van der Waals surface area contributed by atoms with Gasteiger partial charge in [-0.3, -0.25) is 9.89 Å². The molecule has 0 spiro atoms. The number of nitrogens with one attached hydrogen (secondary N) is 2. The first kappa shape index (κ1) is 24.1. The number of carbonyl (C=O) groups excluding carboxylic acids is 1. The van der Waals surface area contributed by atoms with Gasteiger partial charge >= 0.3 is 0 Å². The van der Waals surface area contributed by atoms with Crippen LogP contribution in [0.4, 0.5) is 11.5 Å². The smallest absolute Gasteiger partial charge is 0.229 e. The maximum atomic E-state index is 13.9. The van der Waals surface area contributed by atoms with Crippen LogP contribution in [-0.2, 0) is 22.4 Å². The Labute approximate surface area is 219 Å². The summed E-state index contributed by atoms with van der Waals surface area (Å²) in [5, 5.41) is 12.6. The first-order chi connectivity index (χ1) is 17.9. The van der Waals surface area contributed by atoms with Crippen LogP contribution in [-0.4, -0.2) is 63.4 Å². The van der Waals surface area contributed by atoms with E-state index in [4.69, 9.17) is 9.47 Å². The average molecular weight is 521 g/mol. The summed E-state index contributed by atoms with van der Waals surface area (Å²) in [4.78, 5) is 27.4. The van der Waals surface area contributed by atoms with E-state index < -0.39 is 0 Å². The number of benzene rings is 1. The zero-order valence-corrected chi connectivity index (χ0v) is 22.4. The molecule has 1 aliphatic carbocycles. The van der Waals surface area contributed by atoms with Crippen molar-refractivity contribution in [1.29, 1.82) is 0 Å². The van der Waals surface area contributed by atoms with E-state index in [1.54, 1.807) is 31.0 Å². The van der Waals surface area contributed by atoms with E-state index in [0.29, 0.717) is 18.8 Å². The van der Waals surface area contributed by atoms with Crippen LogP contribution < -0.4 is 10.1 Å². The number of methoxy groups -OCH3 is 1. The molecule has 37 heavy (non-hydrogen) atoms. The Hall–Kier alpha value is -3.24. The molecule has 194 valence electrons. The maximum Gasteiger partial charge on any atom is 0.229 e. The second kappa shape index (κ2) is 9.25. The molecule has 6 rings (SSSR count). The Bertz CT molecular complexity index is 1470. The summed E-state index contributed by atoms with van der Waals surface area (Å²) in [5.74, 6) is 1.73. The van der Waals surface area contributed by atoms with Gasteiger partial charge in [-0.2, -0.15) is 5.10 Å². The highest BCUT2D eigenvalue weighted by atomic mass is 32.1. The SMILES string of the molecule is CCC1(C(=O)N2C[C@@H](C)O[C@@H](C)C2)CCc2c(sc3ncnc(Nc4cc5cn[nH]c5cc4OC)c23)C1. The quantitative estimate of drug-likeness (QED) is 0.388. The second-order valence-corrected chi connectivity index (χ2v) is 11.4. The monoisotopic (exact) mass is 520 g/mol. The van der Waals surface area contributed by atoms with E-state index in [0.717, 1.165) is 58.3 Å². The van der Waals surface area contributed by atoms with Crippen molar-refractivity contribution in [3.05, 3.63) is 35.1 Å². The third-order valence-electron chi connectivity index (χ3n) is 7.87. The van der Waals surface area contributed by atoms with Gasteiger partial charge < -0.3 is 19.7 Å². The predicted molar refractivity (Wildman–Crippen MR) is 145 cm³/mol. The van der Waals surface area contributed by atoms with E-state index in [2.05, 4.69) is 32.4 Å². The lowest BCUT2D eigenvalue weighted by Gasteiger charge is -2.43. The number of hydrogen-bond donors (Lipinski definition) is 2. The molecule has 0 saturated carbocycles. The van der Waals surface area contributed by atoms with Crippen molar-refractivity contribution >= 4 is 49.9 Å². The molecule has 0 bridgehead atoms. The number of rotatable bonds is 5. The Morgan fingerprint density at radius 3 is 2.86 bits per heavy atom. The van der Waals surface area contributed by atoms with Crippen molar-refractivity contribution in [3.8, 4) is 5.75 Å². The Morgan fingerprint density at radius 1 is 1.30 bits per heavy atom. The maximum absolute atomic E-state index is 13.9. The Balaban J connectivity index is 1.34. The first-order valence-electron chi connectivity index (χ1n) is 12.9. The fourth-order valence-corrected chi connectivity index (χ4v) is 7.31. The van der Waals surface area contributed by atoms with Crippen molar-refractivity contribution in [2.75, 3.05) is 25.5 Å². The van der Waals surface area contributed by atoms with Crippen molar-refractivity contribution in [1.82, 2.24) is 25.1 Å². The molecule has 1 saturated heterocycles. The number of nitrogens with zero attached hydrogens (tertiary/aromatic N) is 4. The number of morpholine rings is 1. The number of aromatic nitrogens is 4. The number of thiophene rings is 1. The van der Waals surface area contributed by atoms with Crippen LogP contribution in [0.3, 0.4) is 0 Å². The number of anilines is 2. The largest absolute Gasteiger partial charge is 0.494 e. The van der Waals surface area contributed by atoms with Crippen molar-refractivity contribution in [2.24, 2.45) is 5.41 Å². The Kier molecular flexibility index (Phi) is 6.03. The molecular weight excluding hydrogens is 488 g/mol. The molecule has 3 atom stereocenters. The number of hydrogen-bond acceptors (Lipinski definition) is 8. The van der Waals surface area contributed by atoms with Gasteiger partial charge in [0.2, 0.25) is 5.91 Å². The predicted octanol–water partition coefficient (Wildman–Crippen LogP) is 4.84. The fraction of sp³-hybridized carbons (Fsp3) is 0.481. The van der Waals surface area contributed by atoms with Gasteiger partial charge in [-0.1, -0.05) is 6.92 Å².